The molecule has 0 N–H and O–H groups in total. The van der Waals surface area contributed by atoms with Crippen LogP contribution in [0.5, 0.6) is 5.75 Å². The van der Waals surface area contributed by atoms with Crippen molar-refractivity contribution in [1.29, 1.82) is 5.26 Å². The quantitative estimate of drug-likeness (QED) is 0.139. The number of imide groups is 1. The van der Waals surface area contributed by atoms with Crippen molar-refractivity contribution < 1.29 is 23.9 Å². The minimum absolute atomic E-state index is 0.00777. The molecule has 0 bridgehead atoms. The summed E-state index contributed by atoms with van der Waals surface area (Å²) >= 11 is 0. The van der Waals surface area contributed by atoms with Gasteiger partial charge in [0.15, 0.2) is 0 Å². The number of rotatable bonds is 10. The lowest BCUT2D eigenvalue weighted by atomic mass is 9.92. The topological polar surface area (TPSA) is 115 Å². The fraction of sp³-hybridized carbons (Fsp3) is 0.303. The Morgan fingerprint density at radius 1 is 1.10 bits per heavy atom. The maximum atomic E-state index is 13.6. The van der Waals surface area contributed by atoms with Gasteiger partial charge in [-0.15, -0.1) is 0 Å². The van der Waals surface area contributed by atoms with Crippen LogP contribution < -0.4 is 4.74 Å². The Morgan fingerprint density at radius 2 is 1.83 bits per heavy atom. The molecule has 1 aromatic heterocycles. The van der Waals surface area contributed by atoms with Gasteiger partial charge in [-0.1, -0.05) is 32.0 Å². The summed E-state index contributed by atoms with van der Waals surface area (Å²) in [4.78, 5) is 38.8. The molecule has 42 heavy (non-hydrogen) atoms. The average Bonchev–Trinajstić information content (AvgIpc) is 3.38. The summed E-state index contributed by atoms with van der Waals surface area (Å²) in [5, 5.41) is 14.7. The van der Waals surface area contributed by atoms with Crippen molar-refractivity contribution in [3.05, 3.63) is 82.6 Å². The van der Waals surface area contributed by atoms with Crippen molar-refractivity contribution in [3.63, 3.8) is 0 Å². The van der Waals surface area contributed by atoms with Gasteiger partial charge in [0, 0.05) is 36.4 Å². The van der Waals surface area contributed by atoms with E-state index in [0.29, 0.717) is 29.4 Å². The minimum Gasteiger partial charge on any atom is -0.493 e. The highest BCUT2D eigenvalue weighted by atomic mass is 16.5. The van der Waals surface area contributed by atoms with Gasteiger partial charge in [0.05, 0.1) is 18.9 Å². The SMILES string of the molecule is CC(=O)OCCCN1C(=O)C(C#N)=C(C)/C(=C\c2cn(-c3ccccc3)nc2-c2ccc(OCC(C)C)cc2C)C1=O. The summed E-state index contributed by atoms with van der Waals surface area (Å²) in [7, 11) is 0. The number of benzene rings is 2. The summed E-state index contributed by atoms with van der Waals surface area (Å²) in [5.41, 5.74) is 4.33. The van der Waals surface area contributed by atoms with Crippen molar-refractivity contribution >= 4 is 23.9 Å². The van der Waals surface area contributed by atoms with E-state index < -0.39 is 17.8 Å². The zero-order valence-electron chi connectivity index (χ0n) is 24.5. The summed E-state index contributed by atoms with van der Waals surface area (Å²) < 4.78 is 12.6. The third-order valence-corrected chi connectivity index (χ3v) is 6.76. The Kier molecular flexibility index (Phi) is 9.38. The third-order valence-electron chi connectivity index (χ3n) is 6.76. The first kappa shape index (κ1) is 30.0. The standard InChI is InChI=1S/C33H34N4O5/c1-21(2)20-42-27-12-13-28(22(3)16-27)31-25(19-37(35-31)26-10-7-6-8-11-26)17-29-23(4)30(18-34)33(40)36(32(29)39)14-9-15-41-24(5)38/h6-8,10-13,16-17,19,21H,9,14-15,20H2,1-5H3/b29-17+. The molecule has 1 aliphatic heterocycles. The van der Waals surface area contributed by atoms with Crippen molar-refractivity contribution in [2.45, 2.75) is 41.0 Å². The smallest absolute Gasteiger partial charge is 0.302 e. The lowest BCUT2D eigenvalue weighted by Gasteiger charge is -2.27. The first-order valence-corrected chi connectivity index (χ1v) is 13.8. The molecule has 0 aliphatic carbocycles. The summed E-state index contributed by atoms with van der Waals surface area (Å²) in [6.45, 7) is 9.71. The fourth-order valence-electron chi connectivity index (χ4n) is 4.60. The first-order chi connectivity index (χ1) is 20.1. The summed E-state index contributed by atoms with van der Waals surface area (Å²) in [5.74, 6) is -0.478. The lowest BCUT2D eigenvalue weighted by Crippen LogP contribution is -2.43. The fourth-order valence-corrected chi connectivity index (χ4v) is 4.60. The van der Waals surface area contributed by atoms with Gasteiger partial charge in [-0.2, -0.15) is 10.4 Å². The number of amides is 2. The van der Waals surface area contributed by atoms with E-state index in [1.807, 2.05) is 67.7 Å². The molecule has 2 amide bonds. The number of carbonyl (C=O) groups excluding carboxylic acids is 3. The number of hydrogen-bond donors (Lipinski definition) is 0. The average molecular weight is 567 g/mol. The highest BCUT2D eigenvalue weighted by Crippen LogP contribution is 2.33. The third kappa shape index (κ3) is 6.66. The summed E-state index contributed by atoms with van der Waals surface area (Å²) in [6, 6.07) is 17.4. The lowest BCUT2D eigenvalue weighted by molar-refractivity contribution is -0.141. The predicted molar refractivity (Wildman–Crippen MR) is 158 cm³/mol. The van der Waals surface area contributed by atoms with Crippen LogP contribution >= 0.6 is 0 Å². The Labute approximate surface area is 245 Å². The van der Waals surface area contributed by atoms with E-state index in [-0.39, 0.29) is 30.7 Å². The van der Waals surface area contributed by atoms with E-state index in [0.717, 1.165) is 27.5 Å². The molecule has 0 radical (unpaired) electrons. The number of para-hydroxylation sites is 1. The number of nitrogens with zero attached hydrogens (tertiary/aromatic N) is 4. The normalized spacial score (nSPS) is 14.5. The van der Waals surface area contributed by atoms with Crippen LogP contribution in [-0.4, -0.2) is 52.2 Å². The van der Waals surface area contributed by atoms with Crippen LogP contribution in [-0.2, 0) is 19.1 Å². The van der Waals surface area contributed by atoms with Gasteiger partial charge in [0.25, 0.3) is 11.8 Å². The van der Waals surface area contributed by atoms with Crippen LogP contribution in [0.1, 0.15) is 45.2 Å². The van der Waals surface area contributed by atoms with Crippen LogP contribution in [0.3, 0.4) is 0 Å². The van der Waals surface area contributed by atoms with Gasteiger partial charge in [-0.25, -0.2) is 4.68 Å². The molecule has 3 aromatic rings. The molecule has 0 unspecified atom stereocenters. The maximum absolute atomic E-state index is 13.6. The molecule has 0 fully saturated rings. The number of aromatic nitrogens is 2. The Balaban J connectivity index is 1.80. The van der Waals surface area contributed by atoms with E-state index >= 15 is 0 Å². The minimum atomic E-state index is -0.659. The second kappa shape index (κ2) is 13.1. The molecular formula is C33H34N4O5. The molecule has 2 heterocycles. The van der Waals surface area contributed by atoms with Gasteiger partial charge >= 0.3 is 5.97 Å². The molecule has 1 aliphatic rings. The predicted octanol–water partition coefficient (Wildman–Crippen LogP) is 5.43. The monoisotopic (exact) mass is 566 g/mol. The van der Waals surface area contributed by atoms with Gasteiger partial charge < -0.3 is 9.47 Å². The maximum Gasteiger partial charge on any atom is 0.302 e. The number of esters is 1. The molecule has 216 valence electrons. The van der Waals surface area contributed by atoms with Crippen molar-refractivity contribution in [2.24, 2.45) is 5.92 Å². The van der Waals surface area contributed by atoms with Crippen molar-refractivity contribution in [3.8, 4) is 28.8 Å². The molecule has 2 aromatic carbocycles. The van der Waals surface area contributed by atoms with Gasteiger partial charge in [-0.05, 0) is 73.7 Å². The van der Waals surface area contributed by atoms with E-state index in [9.17, 15) is 19.6 Å². The molecule has 0 spiro atoms. The number of nitriles is 1. The number of aryl methyl sites for hydroxylation is 1. The number of carbonyl (C=O) groups is 3. The molecular weight excluding hydrogens is 532 g/mol. The van der Waals surface area contributed by atoms with E-state index in [4.69, 9.17) is 14.6 Å². The zero-order chi connectivity index (χ0) is 30.4. The molecule has 0 saturated carbocycles. The molecule has 9 nitrogen and oxygen atoms in total. The second-order valence-corrected chi connectivity index (χ2v) is 10.5. The first-order valence-electron chi connectivity index (χ1n) is 13.8. The van der Waals surface area contributed by atoms with E-state index in [1.54, 1.807) is 17.7 Å². The van der Waals surface area contributed by atoms with Crippen LogP contribution in [0.15, 0.2) is 71.4 Å². The highest BCUT2D eigenvalue weighted by molar-refractivity contribution is 6.19. The van der Waals surface area contributed by atoms with Crippen LogP contribution in [0.4, 0.5) is 0 Å². The Morgan fingerprint density at radius 3 is 2.48 bits per heavy atom. The van der Waals surface area contributed by atoms with Crippen LogP contribution in [0, 0.1) is 24.2 Å². The molecule has 9 heteroatoms. The Bertz CT molecular complexity index is 1610. The van der Waals surface area contributed by atoms with Crippen molar-refractivity contribution in [1.82, 2.24) is 14.7 Å². The largest absolute Gasteiger partial charge is 0.493 e. The molecule has 0 atom stereocenters. The van der Waals surface area contributed by atoms with Crippen LogP contribution in [0.25, 0.3) is 23.0 Å². The zero-order valence-corrected chi connectivity index (χ0v) is 24.5. The molecule has 4 rings (SSSR count). The highest BCUT2D eigenvalue weighted by Gasteiger charge is 2.35. The van der Waals surface area contributed by atoms with E-state index in [2.05, 4.69) is 13.8 Å². The number of ether oxygens (including phenoxy) is 2. The van der Waals surface area contributed by atoms with Gasteiger partial charge in [0.1, 0.15) is 23.1 Å². The molecule has 0 saturated heterocycles. The van der Waals surface area contributed by atoms with Gasteiger partial charge in [-0.3, -0.25) is 19.3 Å². The van der Waals surface area contributed by atoms with Gasteiger partial charge in [0.2, 0.25) is 0 Å². The van der Waals surface area contributed by atoms with Crippen molar-refractivity contribution in [2.75, 3.05) is 19.8 Å². The van der Waals surface area contributed by atoms with E-state index in [1.165, 1.54) is 6.92 Å². The number of hydrogen-bond acceptors (Lipinski definition) is 7. The summed E-state index contributed by atoms with van der Waals surface area (Å²) in [6.07, 6.45) is 3.77. The Hall–Kier alpha value is -4.97. The van der Waals surface area contributed by atoms with Crippen LogP contribution in [0.2, 0.25) is 0 Å². The second-order valence-electron chi connectivity index (χ2n) is 10.5.